The van der Waals surface area contributed by atoms with Gasteiger partial charge in [-0.25, -0.2) is 4.98 Å². The van der Waals surface area contributed by atoms with Gasteiger partial charge in [0, 0.05) is 13.1 Å². The highest BCUT2D eigenvalue weighted by Crippen LogP contribution is 2.20. The molecule has 2 aromatic rings. The average Bonchev–Trinajstić information content (AvgIpc) is 2.65. The number of rotatable bonds is 2. The summed E-state index contributed by atoms with van der Waals surface area (Å²) in [5.41, 5.74) is 2.06. The summed E-state index contributed by atoms with van der Waals surface area (Å²) in [5.74, 6) is 1.89. The quantitative estimate of drug-likeness (QED) is 0.750. The van der Waals surface area contributed by atoms with E-state index in [4.69, 9.17) is 4.42 Å². The molecule has 2 heterocycles. The Morgan fingerprint density at radius 2 is 1.93 bits per heavy atom. The molecule has 0 atom stereocenters. The van der Waals surface area contributed by atoms with Gasteiger partial charge in [-0.05, 0) is 17.5 Å². The second kappa shape index (κ2) is 3.85. The van der Waals surface area contributed by atoms with E-state index in [1.54, 1.807) is 6.20 Å². The number of pyridine rings is 1. The largest absolute Gasteiger partial charge is 0.439 e. The van der Waals surface area contributed by atoms with E-state index < -0.39 is 0 Å². The molecule has 0 aliphatic heterocycles. The molecule has 2 aromatic heterocycles. The number of hydrogen-bond acceptors (Lipinski definition) is 3. The first kappa shape index (κ1) is 9.90. The van der Waals surface area contributed by atoms with Gasteiger partial charge in [-0.15, -0.1) is 0 Å². The molecule has 0 aliphatic carbocycles. The molecule has 0 N–H and O–H groups in total. The molecule has 0 aromatic carbocycles. The van der Waals surface area contributed by atoms with Gasteiger partial charge in [-0.2, -0.15) is 0 Å². The topological polar surface area (TPSA) is 38.9 Å². The fraction of sp³-hybridized carbons (Fsp3) is 0.333. The van der Waals surface area contributed by atoms with Crippen molar-refractivity contribution < 1.29 is 4.42 Å². The van der Waals surface area contributed by atoms with Crippen LogP contribution in [0, 0.1) is 6.92 Å². The lowest BCUT2D eigenvalue weighted by Crippen LogP contribution is -1.89. The molecular formula is C12H14N2O. The summed E-state index contributed by atoms with van der Waals surface area (Å²) in [4.78, 5) is 8.39. The summed E-state index contributed by atoms with van der Waals surface area (Å²) in [5, 5.41) is 0. The van der Waals surface area contributed by atoms with Crippen LogP contribution in [0.2, 0.25) is 0 Å². The zero-order chi connectivity index (χ0) is 10.8. The van der Waals surface area contributed by atoms with Gasteiger partial charge >= 0.3 is 0 Å². The molecule has 78 valence electrons. The van der Waals surface area contributed by atoms with Crippen molar-refractivity contribution in [3.05, 3.63) is 36.0 Å². The van der Waals surface area contributed by atoms with Gasteiger partial charge in [0.15, 0.2) is 11.7 Å². The van der Waals surface area contributed by atoms with Crippen LogP contribution in [0.25, 0.3) is 11.5 Å². The highest BCUT2D eigenvalue weighted by Gasteiger charge is 2.05. The Balaban J connectivity index is 2.31. The summed E-state index contributed by atoms with van der Waals surface area (Å²) >= 11 is 0. The van der Waals surface area contributed by atoms with E-state index in [1.807, 2.05) is 19.2 Å². The van der Waals surface area contributed by atoms with E-state index in [-0.39, 0.29) is 0 Å². The molecule has 0 amide bonds. The van der Waals surface area contributed by atoms with Gasteiger partial charge in [-0.3, -0.25) is 4.98 Å². The predicted octanol–water partition coefficient (Wildman–Crippen LogP) is 3.17. The zero-order valence-corrected chi connectivity index (χ0v) is 9.19. The van der Waals surface area contributed by atoms with Gasteiger partial charge in [-0.1, -0.05) is 19.9 Å². The minimum Gasteiger partial charge on any atom is -0.439 e. The van der Waals surface area contributed by atoms with Crippen molar-refractivity contribution in [2.75, 3.05) is 0 Å². The van der Waals surface area contributed by atoms with Gasteiger partial charge in [0.2, 0.25) is 0 Å². The maximum absolute atomic E-state index is 5.40. The maximum atomic E-state index is 5.40. The first-order chi connectivity index (χ1) is 7.16. The molecule has 0 radical (unpaired) electrons. The van der Waals surface area contributed by atoms with Crippen LogP contribution in [0.15, 0.2) is 28.9 Å². The van der Waals surface area contributed by atoms with Crippen LogP contribution in [0.3, 0.4) is 0 Å². The number of hydrogen-bond donors (Lipinski definition) is 0. The van der Waals surface area contributed by atoms with Crippen molar-refractivity contribution >= 4 is 0 Å². The molecule has 0 saturated carbocycles. The van der Waals surface area contributed by atoms with Crippen molar-refractivity contribution in [3.8, 4) is 11.5 Å². The standard InChI is InChI=1S/C12H14N2O/c1-8(2)10-4-5-11(14-6-10)12-7-13-9(3)15-12/h4-8H,1-3H3. The zero-order valence-electron chi connectivity index (χ0n) is 9.19. The first-order valence-electron chi connectivity index (χ1n) is 5.05. The molecule has 3 heteroatoms. The molecular weight excluding hydrogens is 188 g/mol. The lowest BCUT2D eigenvalue weighted by atomic mass is 10.1. The number of nitrogens with zero attached hydrogens (tertiary/aromatic N) is 2. The van der Waals surface area contributed by atoms with Crippen LogP contribution in [-0.2, 0) is 0 Å². The highest BCUT2D eigenvalue weighted by molar-refractivity contribution is 5.50. The summed E-state index contributed by atoms with van der Waals surface area (Å²) in [6.07, 6.45) is 3.59. The Morgan fingerprint density at radius 1 is 1.13 bits per heavy atom. The monoisotopic (exact) mass is 202 g/mol. The van der Waals surface area contributed by atoms with Crippen LogP contribution < -0.4 is 0 Å². The van der Waals surface area contributed by atoms with Crippen LogP contribution in [0.1, 0.15) is 31.2 Å². The van der Waals surface area contributed by atoms with Gasteiger partial charge < -0.3 is 4.42 Å². The minimum atomic E-state index is 0.503. The van der Waals surface area contributed by atoms with Crippen molar-refractivity contribution in [3.63, 3.8) is 0 Å². The van der Waals surface area contributed by atoms with E-state index in [9.17, 15) is 0 Å². The third-order valence-corrected chi connectivity index (χ3v) is 2.33. The predicted molar refractivity (Wildman–Crippen MR) is 58.6 cm³/mol. The van der Waals surface area contributed by atoms with E-state index >= 15 is 0 Å². The van der Waals surface area contributed by atoms with Gasteiger partial charge in [0.05, 0.1) is 6.20 Å². The summed E-state index contributed by atoms with van der Waals surface area (Å²) in [6, 6.07) is 4.04. The molecule has 0 spiro atoms. The van der Waals surface area contributed by atoms with Crippen LogP contribution in [0.4, 0.5) is 0 Å². The first-order valence-corrected chi connectivity index (χ1v) is 5.05. The number of aryl methyl sites for hydroxylation is 1. The van der Waals surface area contributed by atoms with Crippen molar-refractivity contribution in [1.82, 2.24) is 9.97 Å². The van der Waals surface area contributed by atoms with Crippen LogP contribution >= 0.6 is 0 Å². The molecule has 0 saturated heterocycles. The second-order valence-corrected chi connectivity index (χ2v) is 3.88. The molecule has 3 nitrogen and oxygen atoms in total. The Hall–Kier alpha value is -1.64. The maximum Gasteiger partial charge on any atom is 0.191 e. The normalized spacial score (nSPS) is 10.9. The minimum absolute atomic E-state index is 0.503. The highest BCUT2D eigenvalue weighted by atomic mass is 16.4. The number of oxazole rings is 1. The van der Waals surface area contributed by atoms with E-state index in [1.165, 1.54) is 5.56 Å². The average molecular weight is 202 g/mol. The second-order valence-electron chi connectivity index (χ2n) is 3.88. The van der Waals surface area contributed by atoms with E-state index in [0.717, 1.165) is 11.5 Å². The fourth-order valence-corrected chi connectivity index (χ4v) is 1.37. The smallest absolute Gasteiger partial charge is 0.191 e. The van der Waals surface area contributed by atoms with E-state index in [0.29, 0.717) is 11.8 Å². The van der Waals surface area contributed by atoms with Crippen molar-refractivity contribution in [2.24, 2.45) is 0 Å². The molecule has 0 unspecified atom stereocenters. The van der Waals surface area contributed by atoms with Crippen LogP contribution in [-0.4, -0.2) is 9.97 Å². The third-order valence-electron chi connectivity index (χ3n) is 2.33. The Bertz CT molecular complexity index is 443. The lowest BCUT2D eigenvalue weighted by Gasteiger charge is -2.04. The number of aromatic nitrogens is 2. The Morgan fingerprint density at radius 3 is 2.40 bits per heavy atom. The SMILES string of the molecule is Cc1ncc(-c2ccc(C(C)C)cn2)o1. The van der Waals surface area contributed by atoms with E-state index in [2.05, 4.69) is 29.9 Å². The molecule has 0 aliphatic rings. The van der Waals surface area contributed by atoms with Crippen LogP contribution in [0.5, 0.6) is 0 Å². The van der Waals surface area contributed by atoms with Crippen molar-refractivity contribution in [1.29, 1.82) is 0 Å². The Labute approximate surface area is 89.2 Å². The lowest BCUT2D eigenvalue weighted by molar-refractivity contribution is 0.532. The molecule has 15 heavy (non-hydrogen) atoms. The van der Waals surface area contributed by atoms with Gasteiger partial charge in [0.1, 0.15) is 5.69 Å². The summed E-state index contributed by atoms with van der Waals surface area (Å²) in [6.45, 7) is 6.12. The summed E-state index contributed by atoms with van der Waals surface area (Å²) in [7, 11) is 0. The molecule has 0 bridgehead atoms. The molecule has 0 fully saturated rings. The third kappa shape index (κ3) is 2.06. The summed E-state index contributed by atoms with van der Waals surface area (Å²) < 4.78 is 5.40. The van der Waals surface area contributed by atoms with Crippen molar-refractivity contribution in [2.45, 2.75) is 26.7 Å². The Kier molecular flexibility index (Phi) is 2.54. The van der Waals surface area contributed by atoms with Gasteiger partial charge in [0.25, 0.3) is 0 Å². The molecule has 2 rings (SSSR count). The fourth-order valence-electron chi connectivity index (χ4n) is 1.37.